The Bertz CT molecular complexity index is 746. The number of hydrogen-bond donors (Lipinski definition) is 2. The first-order chi connectivity index (χ1) is 12.5. The number of benzene rings is 1. The summed E-state index contributed by atoms with van der Waals surface area (Å²) in [6.45, 7) is 10.8. The summed E-state index contributed by atoms with van der Waals surface area (Å²) < 4.78 is 2.02. The van der Waals surface area contributed by atoms with E-state index >= 15 is 0 Å². The molecule has 2 heterocycles. The summed E-state index contributed by atoms with van der Waals surface area (Å²) in [5, 5.41) is 11.4. The van der Waals surface area contributed by atoms with Gasteiger partial charge in [0.1, 0.15) is 11.6 Å². The van der Waals surface area contributed by atoms with Crippen molar-refractivity contribution >= 4 is 5.96 Å². The monoisotopic (exact) mass is 354 g/mol. The molecule has 1 aromatic carbocycles. The van der Waals surface area contributed by atoms with E-state index in [1.54, 1.807) is 0 Å². The lowest BCUT2D eigenvalue weighted by molar-refractivity contribution is 0.392. The SMILES string of the molecule is CCNC(=NCC(C)c1ccc(C)cc1)NC1CCc2nc(C)nn2C1. The van der Waals surface area contributed by atoms with Gasteiger partial charge in [0.2, 0.25) is 0 Å². The van der Waals surface area contributed by atoms with E-state index in [0.717, 1.165) is 50.1 Å². The van der Waals surface area contributed by atoms with Crippen molar-refractivity contribution in [2.24, 2.45) is 4.99 Å². The fourth-order valence-electron chi connectivity index (χ4n) is 3.29. The van der Waals surface area contributed by atoms with Crippen molar-refractivity contribution in [3.8, 4) is 0 Å². The van der Waals surface area contributed by atoms with Gasteiger partial charge in [0.15, 0.2) is 5.96 Å². The average Bonchev–Trinajstić information content (AvgIpc) is 2.99. The van der Waals surface area contributed by atoms with Gasteiger partial charge in [-0.1, -0.05) is 36.8 Å². The van der Waals surface area contributed by atoms with Gasteiger partial charge in [0.05, 0.1) is 6.54 Å². The molecule has 2 aromatic rings. The van der Waals surface area contributed by atoms with E-state index in [1.807, 2.05) is 11.6 Å². The van der Waals surface area contributed by atoms with Crippen molar-refractivity contribution in [1.29, 1.82) is 0 Å². The van der Waals surface area contributed by atoms with Crippen LogP contribution in [0.4, 0.5) is 0 Å². The molecule has 26 heavy (non-hydrogen) atoms. The molecule has 0 spiro atoms. The second kappa shape index (κ2) is 8.34. The maximum absolute atomic E-state index is 4.82. The molecule has 1 aliphatic heterocycles. The molecular weight excluding hydrogens is 324 g/mol. The zero-order valence-corrected chi connectivity index (χ0v) is 16.3. The maximum atomic E-state index is 4.82. The van der Waals surface area contributed by atoms with Gasteiger partial charge in [0.25, 0.3) is 0 Å². The normalized spacial score (nSPS) is 18.3. The molecule has 2 N–H and O–H groups in total. The molecule has 1 aromatic heterocycles. The largest absolute Gasteiger partial charge is 0.357 e. The van der Waals surface area contributed by atoms with E-state index in [0.29, 0.717) is 12.0 Å². The van der Waals surface area contributed by atoms with Crippen LogP contribution in [-0.2, 0) is 13.0 Å². The van der Waals surface area contributed by atoms with Gasteiger partial charge >= 0.3 is 0 Å². The third-order valence-electron chi connectivity index (χ3n) is 4.82. The summed E-state index contributed by atoms with van der Waals surface area (Å²) in [6.07, 6.45) is 2.01. The fourth-order valence-corrected chi connectivity index (χ4v) is 3.29. The summed E-state index contributed by atoms with van der Waals surface area (Å²) in [5.74, 6) is 3.22. The van der Waals surface area contributed by atoms with Gasteiger partial charge in [-0.2, -0.15) is 5.10 Å². The van der Waals surface area contributed by atoms with Gasteiger partial charge < -0.3 is 10.6 Å². The second-order valence-electron chi connectivity index (χ2n) is 7.17. The predicted octanol–water partition coefficient (Wildman–Crippen LogP) is 2.57. The van der Waals surface area contributed by atoms with Gasteiger partial charge in [-0.25, -0.2) is 9.67 Å². The van der Waals surface area contributed by atoms with E-state index in [-0.39, 0.29) is 0 Å². The quantitative estimate of drug-likeness (QED) is 0.640. The highest BCUT2D eigenvalue weighted by Crippen LogP contribution is 2.16. The molecule has 0 saturated heterocycles. The van der Waals surface area contributed by atoms with Crippen LogP contribution in [0.15, 0.2) is 29.3 Å². The summed E-state index contributed by atoms with van der Waals surface area (Å²) in [5.41, 5.74) is 2.62. The van der Waals surface area contributed by atoms with Crippen LogP contribution in [0.25, 0.3) is 0 Å². The smallest absolute Gasteiger partial charge is 0.191 e. The Morgan fingerprint density at radius 3 is 2.81 bits per heavy atom. The Labute approximate surface area is 156 Å². The third kappa shape index (κ3) is 4.62. The molecular formula is C20H30N6. The van der Waals surface area contributed by atoms with Crippen molar-refractivity contribution in [1.82, 2.24) is 25.4 Å². The molecule has 1 aliphatic rings. The highest BCUT2D eigenvalue weighted by Gasteiger charge is 2.21. The summed E-state index contributed by atoms with van der Waals surface area (Å²) in [7, 11) is 0. The second-order valence-corrected chi connectivity index (χ2v) is 7.17. The van der Waals surface area contributed by atoms with Crippen molar-refractivity contribution in [3.63, 3.8) is 0 Å². The number of rotatable bonds is 5. The Kier molecular flexibility index (Phi) is 5.91. The van der Waals surface area contributed by atoms with E-state index in [4.69, 9.17) is 4.99 Å². The molecule has 2 atom stereocenters. The third-order valence-corrected chi connectivity index (χ3v) is 4.82. The number of fused-ring (bicyclic) bond motifs is 1. The zero-order chi connectivity index (χ0) is 18.5. The molecule has 0 aliphatic carbocycles. The minimum absolute atomic E-state index is 0.330. The molecule has 140 valence electrons. The maximum Gasteiger partial charge on any atom is 0.191 e. The molecule has 0 saturated carbocycles. The lowest BCUT2D eigenvalue weighted by atomic mass is 10.0. The van der Waals surface area contributed by atoms with Crippen LogP contribution >= 0.6 is 0 Å². The molecule has 6 nitrogen and oxygen atoms in total. The van der Waals surface area contributed by atoms with E-state index < -0.39 is 0 Å². The first-order valence-electron chi connectivity index (χ1n) is 9.57. The van der Waals surface area contributed by atoms with Crippen LogP contribution in [0.1, 0.15) is 49.0 Å². The predicted molar refractivity (Wildman–Crippen MR) is 106 cm³/mol. The first kappa shape index (κ1) is 18.4. The lowest BCUT2D eigenvalue weighted by Crippen LogP contribution is -2.47. The Morgan fingerprint density at radius 2 is 2.08 bits per heavy atom. The minimum atomic E-state index is 0.330. The average molecular weight is 355 g/mol. The van der Waals surface area contributed by atoms with Gasteiger partial charge in [-0.15, -0.1) is 0 Å². The van der Waals surface area contributed by atoms with Crippen LogP contribution in [-0.4, -0.2) is 39.9 Å². The number of nitrogens with one attached hydrogen (secondary N) is 2. The van der Waals surface area contributed by atoms with E-state index in [2.05, 4.69) is 65.8 Å². The van der Waals surface area contributed by atoms with E-state index in [1.165, 1.54) is 11.1 Å². The molecule has 0 amide bonds. The number of aryl methyl sites for hydroxylation is 3. The zero-order valence-electron chi connectivity index (χ0n) is 16.3. The summed E-state index contributed by atoms with van der Waals surface area (Å²) in [6, 6.07) is 9.06. The highest BCUT2D eigenvalue weighted by molar-refractivity contribution is 5.80. The lowest BCUT2D eigenvalue weighted by Gasteiger charge is -2.25. The summed E-state index contributed by atoms with van der Waals surface area (Å²) in [4.78, 5) is 9.30. The fraction of sp³-hybridized carbons (Fsp3) is 0.550. The Balaban J connectivity index is 1.61. The van der Waals surface area contributed by atoms with Gasteiger partial charge in [-0.05, 0) is 32.8 Å². The van der Waals surface area contributed by atoms with Crippen molar-refractivity contribution < 1.29 is 0 Å². The molecule has 6 heteroatoms. The standard InChI is InChI=1S/C20H30N6/c1-5-21-20(22-12-15(3)17-8-6-14(2)7-9-17)24-18-10-11-19-23-16(4)25-26(19)13-18/h6-9,15,18H,5,10-13H2,1-4H3,(H2,21,22,24). The molecule has 0 radical (unpaired) electrons. The van der Waals surface area contributed by atoms with Crippen LogP contribution in [0, 0.1) is 13.8 Å². The first-order valence-corrected chi connectivity index (χ1v) is 9.57. The van der Waals surface area contributed by atoms with Gasteiger partial charge in [0, 0.05) is 31.5 Å². The molecule has 2 unspecified atom stereocenters. The van der Waals surface area contributed by atoms with Crippen LogP contribution in [0.2, 0.25) is 0 Å². The molecule has 3 rings (SSSR count). The highest BCUT2D eigenvalue weighted by atomic mass is 15.4. The molecule has 0 fully saturated rings. The topological polar surface area (TPSA) is 67.1 Å². The minimum Gasteiger partial charge on any atom is -0.357 e. The Morgan fingerprint density at radius 1 is 1.31 bits per heavy atom. The number of nitrogens with zero attached hydrogens (tertiary/aromatic N) is 4. The van der Waals surface area contributed by atoms with Crippen molar-refractivity contribution in [2.75, 3.05) is 13.1 Å². The number of guanidine groups is 1. The Hall–Kier alpha value is -2.37. The summed E-state index contributed by atoms with van der Waals surface area (Å²) >= 11 is 0. The van der Waals surface area contributed by atoms with E-state index in [9.17, 15) is 0 Å². The van der Waals surface area contributed by atoms with Crippen molar-refractivity contribution in [3.05, 3.63) is 47.0 Å². The van der Waals surface area contributed by atoms with Gasteiger partial charge in [-0.3, -0.25) is 4.99 Å². The number of hydrogen-bond acceptors (Lipinski definition) is 3. The number of aliphatic imine (C=N–C) groups is 1. The molecule has 0 bridgehead atoms. The van der Waals surface area contributed by atoms with Crippen LogP contribution in [0.3, 0.4) is 0 Å². The van der Waals surface area contributed by atoms with Crippen LogP contribution in [0.5, 0.6) is 0 Å². The van der Waals surface area contributed by atoms with Crippen molar-refractivity contribution in [2.45, 2.75) is 59.0 Å². The van der Waals surface area contributed by atoms with Crippen LogP contribution < -0.4 is 10.6 Å². The number of aromatic nitrogens is 3.